The van der Waals surface area contributed by atoms with Crippen LogP contribution < -0.4 is 9.47 Å². The summed E-state index contributed by atoms with van der Waals surface area (Å²) in [6.07, 6.45) is 0. The quantitative estimate of drug-likeness (QED) is 0.471. The van der Waals surface area contributed by atoms with Crippen molar-refractivity contribution in [3.8, 4) is 11.5 Å². The molecule has 2 aromatic carbocycles. The molecule has 0 saturated heterocycles. The van der Waals surface area contributed by atoms with Crippen molar-refractivity contribution in [2.24, 2.45) is 15.3 Å². The molecule has 0 spiro atoms. The van der Waals surface area contributed by atoms with Gasteiger partial charge in [0.05, 0.1) is 24.8 Å². The lowest BCUT2D eigenvalue weighted by Gasteiger charge is -2.08. The summed E-state index contributed by atoms with van der Waals surface area (Å²) >= 11 is 0. The standard InChI is InChI=1S/C14H13N5O4/c1-22-13-8-12(14(23-2)7-11(13)16-15)18-17-9-3-5-10(6-4-9)19(20)21/h3-8,15H,1-2H3. The Balaban J connectivity index is 2.34. The van der Waals surface area contributed by atoms with Gasteiger partial charge in [-0.05, 0) is 12.1 Å². The van der Waals surface area contributed by atoms with Crippen LogP contribution in [0.5, 0.6) is 11.5 Å². The molecule has 0 radical (unpaired) electrons. The lowest BCUT2D eigenvalue weighted by molar-refractivity contribution is -0.384. The topological polar surface area (TPSA) is 123 Å². The monoisotopic (exact) mass is 315 g/mol. The maximum absolute atomic E-state index is 10.6. The van der Waals surface area contributed by atoms with E-state index < -0.39 is 4.92 Å². The van der Waals surface area contributed by atoms with Gasteiger partial charge in [-0.2, -0.15) is 10.2 Å². The predicted molar refractivity (Wildman–Crippen MR) is 81.6 cm³/mol. The molecule has 0 atom stereocenters. The largest absolute Gasteiger partial charge is 0.494 e. The zero-order valence-corrected chi connectivity index (χ0v) is 12.4. The summed E-state index contributed by atoms with van der Waals surface area (Å²) in [5.74, 6) is 0.737. The van der Waals surface area contributed by atoms with Crippen molar-refractivity contribution in [3.63, 3.8) is 0 Å². The van der Waals surface area contributed by atoms with Gasteiger partial charge in [0.1, 0.15) is 22.9 Å². The van der Waals surface area contributed by atoms with Gasteiger partial charge in [-0.3, -0.25) is 10.1 Å². The van der Waals surface area contributed by atoms with E-state index in [-0.39, 0.29) is 5.69 Å². The number of nitrogens with one attached hydrogen (secondary N) is 1. The van der Waals surface area contributed by atoms with Crippen molar-refractivity contribution in [2.45, 2.75) is 0 Å². The van der Waals surface area contributed by atoms with Crippen LogP contribution in [0.15, 0.2) is 51.7 Å². The Labute approximate surface area is 131 Å². The number of methoxy groups -OCH3 is 2. The Kier molecular flexibility index (Phi) is 4.92. The van der Waals surface area contributed by atoms with E-state index in [2.05, 4.69) is 15.3 Å². The van der Waals surface area contributed by atoms with Gasteiger partial charge in [0.15, 0.2) is 0 Å². The summed E-state index contributed by atoms with van der Waals surface area (Å²) in [4.78, 5) is 10.1. The highest BCUT2D eigenvalue weighted by atomic mass is 16.6. The Bertz CT molecular complexity index is 759. The number of hydrogen-bond donors (Lipinski definition) is 1. The van der Waals surface area contributed by atoms with Crippen LogP contribution in [0.3, 0.4) is 0 Å². The van der Waals surface area contributed by atoms with Gasteiger partial charge >= 0.3 is 0 Å². The molecule has 0 bridgehead atoms. The van der Waals surface area contributed by atoms with Gasteiger partial charge < -0.3 is 9.47 Å². The van der Waals surface area contributed by atoms with E-state index in [0.29, 0.717) is 28.6 Å². The van der Waals surface area contributed by atoms with Gasteiger partial charge in [0.25, 0.3) is 5.69 Å². The Morgan fingerprint density at radius 2 is 1.57 bits per heavy atom. The normalized spacial score (nSPS) is 10.5. The van der Waals surface area contributed by atoms with E-state index in [4.69, 9.17) is 15.0 Å². The van der Waals surface area contributed by atoms with Crippen LogP contribution in [0.1, 0.15) is 0 Å². The summed E-state index contributed by atoms with van der Waals surface area (Å²) in [5, 5.41) is 22.0. The van der Waals surface area contributed by atoms with Gasteiger partial charge in [0.2, 0.25) is 0 Å². The van der Waals surface area contributed by atoms with E-state index in [1.807, 2.05) is 0 Å². The molecule has 0 aliphatic rings. The maximum Gasteiger partial charge on any atom is 0.269 e. The van der Waals surface area contributed by atoms with Crippen molar-refractivity contribution in [2.75, 3.05) is 14.2 Å². The molecule has 0 amide bonds. The number of non-ortho nitro benzene ring substituents is 1. The van der Waals surface area contributed by atoms with E-state index in [9.17, 15) is 10.1 Å². The summed E-state index contributed by atoms with van der Waals surface area (Å²) in [6.45, 7) is 0. The molecule has 0 aliphatic heterocycles. The lowest BCUT2D eigenvalue weighted by Crippen LogP contribution is -1.87. The summed E-state index contributed by atoms with van der Waals surface area (Å²) in [6, 6.07) is 8.71. The van der Waals surface area contributed by atoms with E-state index in [0.717, 1.165) is 0 Å². The molecular weight excluding hydrogens is 302 g/mol. The average Bonchev–Trinajstić information content (AvgIpc) is 2.59. The van der Waals surface area contributed by atoms with Crippen LogP contribution in [0, 0.1) is 15.6 Å². The molecule has 118 valence electrons. The van der Waals surface area contributed by atoms with E-state index in [1.54, 1.807) is 6.07 Å². The second kappa shape index (κ2) is 7.07. The number of rotatable bonds is 6. The number of nitrogens with zero attached hydrogens (tertiary/aromatic N) is 4. The van der Waals surface area contributed by atoms with Crippen LogP contribution in [-0.4, -0.2) is 19.1 Å². The van der Waals surface area contributed by atoms with Crippen molar-refractivity contribution < 1.29 is 14.4 Å². The van der Waals surface area contributed by atoms with Gasteiger partial charge in [-0.1, -0.05) is 0 Å². The Hall–Kier alpha value is -3.36. The molecule has 23 heavy (non-hydrogen) atoms. The highest BCUT2D eigenvalue weighted by molar-refractivity contribution is 5.66. The molecule has 1 N–H and O–H groups in total. The fraction of sp³-hybridized carbons (Fsp3) is 0.143. The number of nitro benzene ring substituents is 1. The van der Waals surface area contributed by atoms with Gasteiger partial charge in [0, 0.05) is 24.3 Å². The van der Waals surface area contributed by atoms with Crippen LogP contribution >= 0.6 is 0 Å². The van der Waals surface area contributed by atoms with Crippen LogP contribution in [0.25, 0.3) is 0 Å². The number of hydrogen-bond acceptors (Lipinski definition) is 8. The van der Waals surface area contributed by atoms with Crippen LogP contribution in [0.2, 0.25) is 0 Å². The molecular formula is C14H13N5O4. The summed E-state index contributed by atoms with van der Waals surface area (Å²) in [7, 11) is 2.91. The van der Waals surface area contributed by atoms with Gasteiger partial charge in [-0.25, -0.2) is 5.53 Å². The third-order valence-electron chi connectivity index (χ3n) is 2.93. The summed E-state index contributed by atoms with van der Waals surface area (Å²) < 4.78 is 10.3. The molecule has 2 rings (SSSR count). The molecule has 0 fully saturated rings. The first-order valence-electron chi connectivity index (χ1n) is 6.38. The maximum atomic E-state index is 10.6. The van der Waals surface area contributed by atoms with Crippen LogP contribution in [-0.2, 0) is 0 Å². The van der Waals surface area contributed by atoms with E-state index >= 15 is 0 Å². The fourth-order valence-electron chi connectivity index (χ4n) is 1.78. The molecule has 0 aromatic heterocycles. The third kappa shape index (κ3) is 3.64. The SMILES string of the molecule is COc1cc(N=Nc2ccc([N+](=O)[O-])cc2)c(OC)cc1N=N. The molecule has 0 unspecified atom stereocenters. The number of benzene rings is 2. The number of azo groups is 1. The first kappa shape index (κ1) is 16.0. The zero-order valence-electron chi connectivity index (χ0n) is 12.4. The van der Waals surface area contributed by atoms with E-state index in [1.165, 1.54) is 44.6 Å². The minimum Gasteiger partial charge on any atom is -0.494 e. The minimum absolute atomic E-state index is 0.0235. The Morgan fingerprint density at radius 3 is 2.09 bits per heavy atom. The first-order valence-corrected chi connectivity index (χ1v) is 6.38. The molecule has 2 aromatic rings. The lowest BCUT2D eigenvalue weighted by atomic mass is 10.2. The number of ether oxygens (including phenoxy) is 2. The third-order valence-corrected chi connectivity index (χ3v) is 2.93. The van der Waals surface area contributed by atoms with Crippen molar-refractivity contribution in [1.29, 1.82) is 5.53 Å². The fourth-order valence-corrected chi connectivity index (χ4v) is 1.78. The molecule has 0 heterocycles. The molecule has 0 aliphatic carbocycles. The average molecular weight is 315 g/mol. The molecule has 9 heteroatoms. The van der Waals surface area contributed by atoms with Crippen molar-refractivity contribution >= 4 is 22.7 Å². The predicted octanol–water partition coefficient (Wildman–Crippen LogP) is 4.69. The Morgan fingerprint density at radius 1 is 1.00 bits per heavy atom. The van der Waals surface area contributed by atoms with Crippen molar-refractivity contribution in [3.05, 3.63) is 46.5 Å². The first-order chi connectivity index (χ1) is 11.1. The van der Waals surface area contributed by atoms with Gasteiger partial charge in [-0.15, -0.1) is 5.11 Å². The molecule has 0 saturated carbocycles. The van der Waals surface area contributed by atoms with Crippen molar-refractivity contribution in [1.82, 2.24) is 0 Å². The zero-order chi connectivity index (χ0) is 16.8. The minimum atomic E-state index is -0.488. The molecule has 9 nitrogen and oxygen atoms in total. The smallest absolute Gasteiger partial charge is 0.269 e. The second-order valence-electron chi connectivity index (χ2n) is 4.28. The van der Waals surface area contributed by atoms with Crippen LogP contribution in [0.4, 0.5) is 22.7 Å². The highest BCUT2D eigenvalue weighted by Crippen LogP contribution is 2.40. The second-order valence-corrected chi connectivity index (χ2v) is 4.28. The highest BCUT2D eigenvalue weighted by Gasteiger charge is 2.11. The summed E-state index contributed by atoms with van der Waals surface area (Å²) in [5.41, 5.74) is 8.22. The number of nitro groups is 1.